The third-order valence-corrected chi connectivity index (χ3v) is 6.71. The Bertz CT molecular complexity index is 755. The van der Waals surface area contributed by atoms with Crippen LogP contribution in [0.25, 0.3) is 0 Å². The van der Waals surface area contributed by atoms with E-state index in [1.807, 2.05) is 0 Å². The highest BCUT2D eigenvalue weighted by molar-refractivity contribution is 7.92. The van der Waals surface area contributed by atoms with Gasteiger partial charge >= 0.3 is 0 Å². The standard InChI is InChI=1S/C18H21FN2O2S/c19-16-6-4-15(5-7-16)8-12-21-13-9-17(10-14-21)24(22,23)18-3-1-2-11-20-18/h1-7,11,17H,8-10,12-14H2. The third-order valence-electron chi connectivity index (χ3n) is 4.53. The number of nitrogens with zero attached hydrogens (tertiary/aromatic N) is 2. The minimum absolute atomic E-state index is 0.176. The highest BCUT2D eigenvalue weighted by Crippen LogP contribution is 2.23. The van der Waals surface area contributed by atoms with Crippen molar-refractivity contribution in [1.82, 2.24) is 9.88 Å². The van der Waals surface area contributed by atoms with Crippen LogP contribution < -0.4 is 0 Å². The SMILES string of the molecule is O=S(=O)(c1ccccn1)C1CCN(CCc2ccc(F)cc2)CC1. The number of sulfone groups is 1. The fourth-order valence-corrected chi connectivity index (χ4v) is 4.72. The molecule has 2 heterocycles. The van der Waals surface area contributed by atoms with Gasteiger partial charge in [-0.15, -0.1) is 0 Å². The second kappa shape index (κ2) is 7.40. The number of hydrogen-bond donors (Lipinski definition) is 0. The van der Waals surface area contributed by atoms with Gasteiger partial charge in [0, 0.05) is 12.7 Å². The molecule has 0 aliphatic carbocycles. The Morgan fingerprint density at radius 3 is 2.42 bits per heavy atom. The number of hydrogen-bond acceptors (Lipinski definition) is 4. The molecular formula is C18H21FN2O2S. The first kappa shape index (κ1) is 17.0. The van der Waals surface area contributed by atoms with Gasteiger partial charge in [0.1, 0.15) is 5.82 Å². The quantitative estimate of drug-likeness (QED) is 0.834. The van der Waals surface area contributed by atoms with Crippen molar-refractivity contribution >= 4 is 9.84 Å². The Kier molecular flexibility index (Phi) is 5.26. The van der Waals surface area contributed by atoms with Crippen molar-refractivity contribution in [2.24, 2.45) is 0 Å². The van der Waals surface area contributed by atoms with Crippen LogP contribution in [0, 0.1) is 5.82 Å². The Balaban J connectivity index is 1.53. The summed E-state index contributed by atoms with van der Waals surface area (Å²) in [5.74, 6) is -0.223. The molecule has 1 aromatic carbocycles. The van der Waals surface area contributed by atoms with Gasteiger partial charge in [-0.1, -0.05) is 18.2 Å². The molecule has 0 radical (unpaired) electrons. The number of halogens is 1. The van der Waals surface area contributed by atoms with E-state index in [1.165, 1.54) is 18.3 Å². The number of pyridine rings is 1. The molecule has 24 heavy (non-hydrogen) atoms. The van der Waals surface area contributed by atoms with E-state index in [9.17, 15) is 12.8 Å². The van der Waals surface area contributed by atoms with Gasteiger partial charge in [-0.05, 0) is 62.2 Å². The van der Waals surface area contributed by atoms with Crippen LogP contribution in [-0.4, -0.2) is 43.2 Å². The molecular weight excluding hydrogens is 327 g/mol. The summed E-state index contributed by atoms with van der Waals surface area (Å²) in [6, 6.07) is 11.5. The number of rotatable bonds is 5. The third kappa shape index (κ3) is 3.99. The van der Waals surface area contributed by atoms with Crippen LogP contribution in [0.2, 0.25) is 0 Å². The zero-order valence-electron chi connectivity index (χ0n) is 13.4. The van der Waals surface area contributed by atoms with E-state index >= 15 is 0 Å². The smallest absolute Gasteiger partial charge is 0.198 e. The number of likely N-dealkylation sites (tertiary alicyclic amines) is 1. The summed E-state index contributed by atoms with van der Waals surface area (Å²) in [6.45, 7) is 2.39. The van der Waals surface area contributed by atoms with Gasteiger partial charge in [0.2, 0.25) is 0 Å². The van der Waals surface area contributed by atoms with E-state index in [2.05, 4.69) is 9.88 Å². The summed E-state index contributed by atoms with van der Waals surface area (Å²) in [6.07, 6.45) is 3.62. The zero-order chi connectivity index (χ0) is 17.0. The lowest BCUT2D eigenvalue weighted by molar-refractivity contribution is 0.232. The van der Waals surface area contributed by atoms with Gasteiger partial charge in [0.25, 0.3) is 0 Å². The summed E-state index contributed by atoms with van der Waals surface area (Å²) >= 11 is 0. The molecule has 1 saturated heterocycles. The van der Waals surface area contributed by atoms with Crippen molar-refractivity contribution in [3.8, 4) is 0 Å². The topological polar surface area (TPSA) is 50.3 Å². The van der Waals surface area contributed by atoms with Crippen molar-refractivity contribution in [3.63, 3.8) is 0 Å². The van der Waals surface area contributed by atoms with Gasteiger partial charge in [-0.25, -0.2) is 17.8 Å². The van der Waals surface area contributed by atoms with E-state index in [0.29, 0.717) is 12.8 Å². The molecule has 0 amide bonds. The minimum Gasteiger partial charge on any atom is -0.303 e. The largest absolute Gasteiger partial charge is 0.303 e. The first-order valence-corrected chi connectivity index (χ1v) is 9.72. The molecule has 128 valence electrons. The second-order valence-electron chi connectivity index (χ2n) is 6.13. The molecule has 0 atom stereocenters. The summed E-state index contributed by atoms with van der Waals surface area (Å²) in [5, 5.41) is -0.177. The molecule has 1 aliphatic rings. The predicted octanol–water partition coefficient (Wildman–Crippen LogP) is 2.70. The Labute approximate surface area is 142 Å². The molecule has 0 unspecified atom stereocenters. The fraction of sp³-hybridized carbons (Fsp3) is 0.389. The first-order valence-electron chi connectivity index (χ1n) is 8.17. The molecule has 1 aliphatic heterocycles. The molecule has 6 heteroatoms. The monoisotopic (exact) mass is 348 g/mol. The highest BCUT2D eigenvalue weighted by Gasteiger charge is 2.31. The van der Waals surface area contributed by atoms with E-state index in [-0.39, 0.29) is 16.1 Å². The van der Waals surface area contributed by atoms with Gasteiger partial charge < -0.3 is 4.90 Å². The molecule has 0 saturated carbocycles. The number of aromatic nitrogens is 1. The molecule has 0 bridgehead atoms. The van der Waals surface area contributed by atoms with Crippen LogP contribution in [-0.2, 0) is 16.3 Å². The molecule has 3 rings (SSSR count). The summed E-state index contributed by atoms with van der Waals surface area (Å²) in [4.78, 5) is 6.27. The Morgan fingerprint density at radius 2 is 1.79 bits per heavy atom. The lowest BCUT2D eigenvalue weighted by Crippen LogP contribution is -2.40. The van der Waals surface area contributed by atoms with E-state index in [0.717, 1.165) is 31.6 Å². The first-order chi connectivity index (χ1) is 11.6. The average Bonchev–Trinajstić information content (AvgIpc) is 2.62. The maximum Gasteiger partial charge on any atom is 0.198 e. The lowest BCUT2D eigenvalue weighted by Gasteiger charge is -2.31. The molecule has 1 aromatic heterocycles. The van der Waals surface area contributed by atoms with Gasteiger partial charge in [-0.2, -0.15) is 0 Å². The van der Waals surface area contributed by atoms with Gasteiger partial charge in [0.05, 0.1) is 5.25 Å². The summed E-state index contributed by atoms with van der Waals surface area (Å²) < 4.78 is 38.1. The molecule has 1 fully saturated rings. The molecule has 4 nitrogen and oxygen atoms in total. The summed E-state index contributed by atoms with van der Waals surface area (Å²) in [5.41, 5.74) is 1.10. The van der Waals surface area contributed by atoms with Crippen molar-refractivity contribution < 1.29 is 12.8 Å². The van der Waals surface area contributed by atoms with Crippen LogP contribution in [0.15, 0.2) is 53.7 Å². The normalized spacial score (nSPS) is 17.0. The van der Waals surface area contributed by atoms with Gasteiger partial charge in [0.15, 0.2) is 14.9 Å². The highest BCUT2D eigenvalue weighted by atomic mass is 32.2. The van der Waals surface area contributed by atoms with Crippen molar-refractivity contribution in [2.75, 3.05) is 19.6 Å². The molecule has 0 N–H and O–H groups in total. The van der Waals surface area contributed by atoms with Crippen LogP contribution in [0.4, 0.5) is 4.39 Å². The maximum atomic E-state index is 12.9. The Morgan fingerprint density at radius 1 is 1.08 bits per heavy atom. The molecule has 2 aromatic rings. The number of piperidine rings is 1. The zero-order valence-corrected chi connectivity index (χ0v) is 14.3. The van der Waals surface area contributed by atoms with Crippen molar-refractivity contribution in [3.05, 3.63) is 60.0 Å². The van der Waals surface area contributed by atoms with Crippen LogP contribution in [0.1, 0.15) is 18.4 Å². The second-order valence-corrected chi connectivity index (χ2v) is 8.31. The van der Waals surface area contributed by atoms with Crippen molar-refractivity contribution in [2.45, 2.75) is 29.5 Å². The van der Waals surface area contributed by atoms with Crippen LogP contribution in [0.5, 0.6) is 0 Å². The van der Waals surface area contributed by atoms with E-state index < -0.39 is 9.84 Å². The van der Waals surface area contributed by atoms with E-state index in [4.69, 9.17) is 0 Å². The van der Waals surface area contributed by atoms with Crippen LogP contribution in [0.3, 0.4) is 0 Å². The summed E-state index contributed by atoms with van der Waals surface area (Å²) in [7, 11) is -3.34. The predicted molar refractivity (Wildman–Crippen MR) is 91.0 cm³/mol. The van der Waals surface area contributed by atoms with E-state index in [1.54, 1.807) is 30.3 Å². The lowest BCUT2D eigenvalue weighted by atomic mass is 10.1. The van der Waals surface area contributed by atoms with Crippen molar-refractivity contribution in [1.29, 1.82) is 0 Å². The fourth-order valence-electron chi connectivity index (χ4n) is 3.07. The van der Waals surface area contributed by atoms with Crippen LogP contribution >= 0.6 is 0 Å². The minimum atomic E-state index is -3.34. The van der Waals surface area contributed by atoms with Gasteiger partial charge in [-0.3, -0.25) is 0 Å². The average molecular weight is 348 g/mol. The Hall–Kier alpha value is -1.79. The molecule has 0 spiro atoms. The number of benzene rings is 1. The maximum absolute atomic E-state index is 12.9.